The molecule has 7 heterocycles. The van der Waals surface area contributed by atoms with Crippen LogP contribution in [0.25, 0.3) is 0 Å². The van der Waals surface area contributed by atoms with Crippen LogP contribution in [0, 0.1) is 67.5 Å². The van der Waals surface area contributed by atoms with E-state index in [-0.39, 0.29) is 117 Å². The van der Waals surface area contributed by atoms with Gasteiger partial charge in [-0.1, -0.05) is 138 Å². The van der Waals surface area contributed by atoms with Crippen LogP contribution >= 0.6 is 0 Å². The Kier molecular flexibility index (Phi) is 46.8. The molecule has 1 aliphatic heterocycles. The monoisotopic (exact) mass is 1780 g/mol. The number of esters is 6. The topological polar surface area (TPSA) is 353 Å². The average molecular weight is 1780 g/mol. The van der Waals surface area contributed by atoms with E-state index in [1.165, 1.54) is 23.0 Å². The van der Waals surface area contributed by atoms with Crippen LogP contribution < -0.4 is 11.1 Å². The summed E-state index contributed by atoms with van der Waals surface area (Å²) in [6.45, 7) is 43.3. The lowest BCUT2D eigenvalue weighted by Crippen LogP contribution is -2.39. The molecule has 0 bridgehead atoms. The highest BCUT2D eigenvalue weighted by Gasteiger charge is 2.42. The van der Waals surface area contributed by atoms with E-state index in [0.29, 0.717) is 97.8 Å². The summed E-state index contributed by atoms with van der Waals surface area (Å²) in [5.74, 6) is 1.69. The lowest BCUT2D eigenvalue weighted by molar-refractivity contribution is -0.159. The molecular formula is C103H146N4O21. The number of carbonyl (C=O) groups is 9. The van der Waals surface area contributed by atoms with Crippen LogP contribution in [-0.4, -0.2) is 77.6 Å². The van der Waals surface area contributed by atoms with Crippen LogP contribution in [0.2, 0.25) is 0 Å². The molecule has 12 atom stereocenters. The van der Waals surface area contributed by atoms with Gasteiger partial charge in [-0.2, -0.15) is 5.26 Å². The molecule has 1 fully saturated rings. The highest BCUT2D eigenvalue weighted by molar-refractivity contribution is 5.83. The van der Waals surface area contributed by atoms with Gasteiger partial charge in [-0.15, -0.1) is 0 Å². The van der Waals surface area contributed by atoms with Gasteiger partial charge in [-0.3, -0.25) is 43.2 Å². The van der Waals surface area contributed by atoms with Crippen LogP contribution in [0.1, 0.15) is 298 Å². The van der Waals surface area contributed by atoms with E-state index in [1.54, 1.807) is 106 Å². The number of nitriles is 1. The minimum absolute atomic E-state index is 0.0338. The summed E-state index contributed by atoms with van der Waals surface area (Å²) in [5.41, 5.74) is 5.48. The number of benzene rings is 2. The van der Waals surface area contributed by atoms with Gasteiger partial charge in [-0.25, -0.2) is 0 Å². The molecule has 128 heavy (non-hydrogen) atoms. The second-order valence-corrected chi connectivity index (χ2v) is 35.8. The molecule has 0 spiro atoms. The molecule has 6 aromatic heterocycles. The third-order valence-electron chi connectivity index (χ3n) is 24.5. The highest BCUT2D eigenvalue weighted by Crippen LogP contribution is 2.40. The first kappa shape index (κ1) is 109. The zero-order valence-electron chi connectivity index (χ0n) is 79.9. The molecular weight excluding hydrogens is 1630 g/mol. The number of aryl methyl sites for hydroxylation is 1. The van der Waals surface area contributed by atoms with Crippen molar-refractivity contribution in [2.24, 2.45) is 61.9 Å². The largest absolute Gasteiger partial charge is 0.466 e. The normalized spacial score (nSPS) is 15.8. The number of nitrogens with zero attached hydrogens (tertiary/aromatic N) is 2. The minimum Gasteiger partial charge on any atom is -0.466 e. The molecule has 0 saturated carbocycles. The minimum atomic E-state index is -0.707. The van der Waals surface area contributed by atoms with Crippen LogP contribution in [-0.2, 0) is 118 Å². The smallest absolute Gasteiger partial charge is 0.312 e. The first-order valence-corrected chi connectivity index (χ1v) is 45.3. The second-order valence-electron chi connectivity index (χ2n) is 35.8. The quantitative estimate of drug-likeness (QED) is 0.0265. The molecule has 704 valence electrons. The zero-order chi connectivity index (χ0) is 95.3. The summed E-state index contributed by atoms with van der Waals surface area (Å²) in [5, 5.41) is 11.7. The van der Waals surface area contributed by atoms with Crippen molar-refractivity contribution in [2.45, 2.75) is 299 Å². The van der Waals surface area contributed by atoms with E-state index in [4.69, 9.17) is 65.9 Å². The number of hydrogen-bond acceptors (Lipinski definition) is 22. The predicted octanol–water partition coefficient (Wildman–Crippen LogP) is 22.6. The number of hydrogen-bond donors (Lipinski definition) is 2. The molecule has 3 N–H and O–H groups in total. The maximum Gasteiger partial charge on any atom is 0.312 e. The molecule has 1 aliphatic rings. The lowest BCUT2D eigenvalue weighted by Gasteiger charge is -2.30. The fraction of sp³-hybridized carbons (Fsp3) is 0.553. The molecule has 9 rings (SSSR count). The molecule has 12 unspecified atom stereocenters. The van der Waals surface area contributed by atoms with Crippen LogP contribution in [0.15, 0.2) is 191 Å². The summed E-state index contributed by atoms with van der Waals surface area (Å²) >= 11 is 0. The Morgan fingerprint density at radius 3 is 0.906 bits per heavy atom. The van der Waals surface area contributed by atoms with Crippen molar-refractivity contribution in [1.82, 2.24) is 10.2 Å². The first-order valence-electron chi connectivity index (χ1n) is 45.3. The van der Waals surface area contributed by atoms with Gasteiger partial charge in [0, 0.05) is 42.8 Å². The molecule has 0 radical (unpaired) electrons. The lowest BCUT2D eigenvalue weighted by atomic mass is 9.77. The Morgan fingerprint density at radius 2 is 0.648 bits per heavy atom. The molecule has 0 aliphatic carbocycles. The number of primary amides is 1. The number of carbonyl (C=O) groups excluding carboxylic acids is 9. The van der Waals surface area contributed by atoms with E-state index < -0.39 is 38.4 Å². The van der Waals surface area contributed by atoms with Crippen molar-refractivity contribution < 1.29 is 98.1 Å². The Morgan fingerprint density at radius 1 is 0.375 bits per heavy atom. The van der Waals surface area contributed by atoms with Crippen molar-refractivity contribution in [3.05, 3.63) is 216 Å². The number of amides is 3. The van der Waals surface area contributed by atoms with Crippen molar-refractivity contribution in [3.8, 4) is 6.07 Å². The van der Waals surface area contributed by atoms with Gasteiger partial charge < -0.3 is 70.9 Å². The Bertz CT molecular complexity index is 4530. The van der Waals surface area contributed by atoms with Crippen molar-refractivity contribution in [2.75, 3.05) is 13.1 Å². The Hall–Kier alpha value is -11.2. The van der Waals surface area contributed by atoms with Gasteiger partial charge in [0.1, 0.15) is 74.2 Å². The molecule has 2 aromatic carbocycles. The fourth-order valence-electron chi connectivity index (χ4n) is 14.6. The van der Waals surface area contributed by atoms with Crippen LogP contribution in [0.4, 0.5) is 0 Å². The van der Waals surface area contributed by atoms with Gasteiger partial charge in [0.15, 0.2) is 0 Å². The fourth-order valence-corrected chi connectivity index (χ4v) is 14.6. The van der Waals surface area contributed by atoms with Crippen molar-refractivity contribution in [1.29, 1.82) is 5.26 Å². The highest BCUT2D eigenvalue weighted by atomic mass is 16.6. The average Bonchev–Trinajstić information content (AvgIpc) is 1.17. The van der Waals surface area contributed by atoms with E-state index in [9.17, 15) is 43.2 Å². The summed E-state index contributed by atoms with van der Waals surface area (Å²) in [6.07, 6.45) is 19.9. The van der Waals surface area contributed by atoms with Crippen LogP contribution in [0.5, 0.6) is 0 Å². The second kappa shape index (κ2) is 54.9. The molecule has 25 nitrogen and oxygen atoms in total. The van der Waals surface area contributed by atoms with Gasteiger partial charge in [-0.05, 0) is 260 Å². The SMILES string of the molecule is CCC(C)(CC(C)C#N)C(=O)OCc1ccco1.CCC(C)(CC(C)C(=O)N1CCCC1)C(=O)OCc1ccco1.CCC(C)(CC(C)C(=O)NC(C)C)C(=O)OCc1ccco1.CCC(C)(CC(C)C(N)=O)C(=O)OCc1ccco1.CCC(C)(CC(C)c1ccccc1)C(=O)OCc1ccco1.CCc1ccc(C(C)CC(C)(CC)C(=O)OCc2ccco2)cc1. The molecule has 1 saturated heterocycles. The van der Waals surface area contributed by atoms with Gasteiger partial charge in [0.05, 0.1) is 76.1 Å². The Balaban J connectivity index is 0.000000323. The first-order chi connectivity index (χ1) is 60.7. The van der Waals surface area contributed by atoms with Gasteiger partial charge >= 0.3 is 35.8 Å². The van der Waals surface area contributed by atoms with E-state index >= 15 is 0 Å². The Labute approximate surface area is 759 Å². The zero-order valence-corrected chi connectivity index (χ0v) is 79.9. The van der Waals surface area contributed by atoms with Crippen molar-refractivity contribution >= 4 is 53.5 Å². The standard InChI is InChI=1S/C21H28O3.C19H24O3.C18H27NO4.C17H27NO4.C14H21NO4.C14H19NO3/c1-5-17-9-11-18(12-10-17)16(3)14-21(4,6-2)20(22)24-15-19-8-7-13-23-19;1-4-19(3,13-15(2)16-9-6-5-7-10-16)18(20)22-14-17-11-8-12-21-17;1-4-18(3,17(21)23-13-15-8-7-11-22-15)12-14(2)16(20)19-9-5-6-10-19;1-6-17(5,10-13(4)15(19)18-12(2)3)16(20)22-11-14-8-7-9-21-14;1-4-14(3,8-10(2)12(15)16)13(17)19-9-11-6-5-7-18-11;1-4-14(3,8-11(2)9-15)13(16)18-10-12-6-5-7-17-12/h7-13,16H,5-6,14-15H2,1-4H3;5-12,15H,4,13-14H2,1-3H3;7-8,11,14H,4-6,9-10,12-13H2,1-3H3;7-9,12-13H,6,10-11H2,1-5H3,(H,18,19);5-7,10H,4,8-9H2,1-3H3,(H2,15,16);5-7,11H,4,8,10H2,1-3H3. The van der Waals surface area contributed by atoms with Crippen LogP contribution in [0.3, 0.4) is 0 Å². The molecule has 3 amide bonds. The summed E-state index contributed by atoms with van der Waals surface area (Å²) < 4.78 is 63.1. The van der Waals surface area contributed by atoms with Gasteiger partial charge in [0.2, 0.25) is 17.7 Å². The van der Waals surface area contributed by atoms with Gasteiger partial charge in [0.25, 0.3) is 0 Å². The predicted molar refractivity (Wildman–Crippen MR) is 489 cm³/mol. The summed E-state index contributed by atoms with van der Waals surface area (Å²) in [4.78, 5) is 112. The number of likely N-dealkylation sites (tertiary alicyclic amines) is 1. The van der Waals surface area contributed by atoms with Crippen molar-refractivity contribution in [3.63, 3.8) is 0 Å². The number of rotatable bonds is 43. The molecule has 8 aromatic rings. The van der Waals surface area contributed by atoms with E-state index in [0.717, 1.165) is 58.0 Å². The van der Waals surface area contributed by atoms with E-state index in [2.05, 4.69) is 68.6 Å². The summed E-state index contributed by atoms with van der Waals surface area (Å²) in [6, 6.07) is 42.5. The van der Waals surface area contributed by atoms with E-state index in [1.807, 2.05) is 146 Å². The summed E-state index contributed by atoms with van der Waals surface area (Å²) in [7, 11) is 0. The third kappa shape index (κ3) is 36.5. The number of nitrogens with two attached hydrogens (primary N) is 1. The third-order valence-corrected chi connectivity index (χ3v) is 24.5. The molecule has 25 heteroatoms. The number of ether oxygens (including phenoxy) is 6. The number of furan rings is 6. The maximum atomic E-state index is 12.6. The number of nitrogens with one attached hydrogen (secondary N) is 1. The maximum absolute atomic E-state index is 12.6.